The minimum Gasteiger partial charge on any atom is -0.503 e. The zero-order valence-electron chi connectivity index (χ0n) is 13.1. The Balaban J connectivity index is 2.32. The lowest BCUT2D eigenvalue weighted by Crippen LogP contribution is -2.31. The lowest BCUT2D eigenvalue weighted by atomic mass is 10.1. The summed E-state index contributed by atoms with van der Waals surface area (Å²) >= 11 is 12.6. The minimum atomic E-state index is -0.101. The second-order valence-corrected chi connectivity index (χ2v) is 7.55. The molecule has 1 N–H and O–H groups in total. The fourth-order valence-corrected chi connectivity index (χ4v) is 3.61. The smallest absolute Gasteiger partial charge is 0.266 e. The Kier molecular flexibility index (Phi) is 5.95. The van der Waals surface area contributed by atoms with E-state index in [1.54, 1.807) is 23.1 Å². The van der Waals surface area contributed by atoms with Gasteiger partial charge in [0.05, 0.1) is 16.5 Å². The predicted molar refractivity (Wildman–Crippen MR) is 99.0 cm³/mol. The Morgan fingerprint density at radius 2 is 2.17 bits per heavy atom. The molecule has 0 saturated carbocycles. The molecule has 0 aliphatic carbocycles. The van der Waals surface area contributed by atoms with Crippen molar-refractivity contribution in [1.82, 2.24) is 4.90 Å². The van der Waals surface area contributed by atoms with Crippen LogP contribution in [0.5, 0.6) is 11.5 Å². The fourth-order valence-electron chi connectivity index (χ4n) is 2.12. The minimum absolute atomic E-state index is 0.0991. The van der Waals surface area contributed by atoms with Gasteiger partial charge >= 0.3 is 0 Å². The van der Waals surface area contributed by atoms with Crippen molar-refractivity contribution in [2.75, 3.05) is 13.2 Å². The molecule has 2 rings (SSSR count). The molecule has 124 valence electrons. The van der Waals surface area contributed by atoms with E-state index in [2.05, 4.69) is 0 Å². The molecule has 0 unspecified atom stereocenters. The molecule has 1 aromatic rings. The van der Waals surface area contributed by atoms with Crippen LogP contribution in [0.4, 0.5) is 0 Å². The molecule has 1 fully saturated rings. The zero-order chi connectivity index (χ0) is 17.1. The number of hydrogen-bond donors (Lipinski definition) is 1. The summed E-state index contributed by atoms with van der Waals surface area (Å²) in [5.74, 6) is 0.433. The highest BCUT2D eigenvalue weighted by Crippen LogP contribution is 2.38. The van der Waals surface area contributed by atoms with Crippen LogP contribution in [0.3, 0.4) is 0 Å². The standard InChI is InChI=1S/C16H18ClNO3S2/c1-4-21-12-6-10(5-11(17)14(12)19)7-13-15(20)18(8-9(2)3)16(22)23-13/h5-7,9,19H,4,8H2,1-3H3/b13-7+. The molecule has 1 aliphatic rings. The van der Waals surface area contributed by atoms with Crippen LogP contribution < -0.4 is 4.74 Å². The van der Waals surface area contributed by atoms with Gasteiger partial charge in [-0.05, 0) is 36.6 Å². The topological polar surface area (TPSA) is 49.8 Å². The number of aromatic hydroxyl groups is 1. The summed E-state index contributed by atoms with van der Waals surface area (Å²) in [4.78, 5) is 14.6. The third-order valence-electron chi connectivity index (χ3n) is 3.07. The number of halogens is 1. The highest BCUT2D eigenvalue weighted by Gasteiger charge is 2.32. The van der Waals surface area contributed by atoms with Gasteiger partial charge in [0, 0.05) is 6.54 Å². The predicted octanol–water partition coefficient (Wildman–Crippen LogP) is 4.30. The first-order chi connectivity index (χ1) is 10.8. The Bertz CT molecular complexity index is 674. The molecule has 0 spiro atoms. The number of benzene rings is 1. The number of ether oxygens (including phenoxy) is 1. The molecule has 4 nitrogen and oxygen atoms in total. The van der Waals surface area contributed by atoms with Crippen molar-refractivity contribution in [3.8, 4) is 11.5 Å². The molecule has 0 atom stereocenters. The van der Waals surface area contributed by atoms with Crippen molar-refractivity contribution in [1.29, 1.82) is 0 Å². The number of carbonyl (C=O) groups excluding carboxylic acids is 1. The summed E-state index contributed by atoms with van der Waals surface area (Å²) in [6, 6.07) is 3.24. The van der Waals surface area contributed by atoms with Crippen LogP contribution in [0, 0.1) is 5.92 Å². The molecule has 1 saturated heterocycles. The molecular formula is C16H18ClNO3S2. The Morgan fingerprint density at radius 1 is 1.48 bits per heavy atom. The van der Waals surface area contributed by atoms with E-state index in [1.165, 1.54) is 11.8 Å². The van der Waals surface area contributed by atoms with Gasteiger partial charge in [0.15, 0.2) is 11.5 Å². The molecule has 1 aliphatic heterocycles. The number of phenolic OH excluding ortho intramolecular Hbond substituents is 1. The lowest BCUT2D eigenvalue weighted by Gasteiger charge is -2.16. The van der Waals surface area contributed by atoms with Gasteiger partial charge in [0.25, 0.3) is 5.91 Å². The summed E-state index contributed by atoms with van der Waals surface area (Å²) < 4.78 is 5.91. The van der Waals surface area contributed by atoms with E-state index >= 15 is 0 Å². The molecular weight excluding hydrogens is 354 g/mol. The van der Waals surface area contributed by atoms with E-state index < -0.39 is 0 Å². The molecule has 23 heavy (non-hydrogen) atoms. The van der Waals surface area contributed by atoms with Crippen LogP contribution in [-0.4, -0.2) is 33.4 Å². The third kappa shape index (κ3) is 4.19. The fraction of sp³-hybridized carbons (Fsp3) is 0.375. The van der Waals surface area contributed by atoms with E-state index in [0.717, 1.165) is 0 Å². The monoisotopic (exact) mass is 371 g/mol. The first-order valence-electron chi connectivity index (χ1n) is 7.24. The lowest BCUT2D eigenvalue weighted by molar-refractivity contribution is -0.122. The van der Waals surface area contributed by atoms with E-state index in [9.17, 15) is 9.90 Å². The normalized spacial score (nSPS) is 16.7. The van der Waals surface area contributed by atoms with Crippen LogP contribution in [0.1, 0.15) is 26.3 Å². The van der Waals surface area contributed by atoms with Gasteiger partial charge in [-0.1, -0.05) is 49.4 Å². The Morgan fingerprint density at radius 3 is 2.78 bits per heavy atom. The molecule has 7 heteroatoms. The number of nitrogens with zero attached hydrogens (tertiary/aromatic N) is 1. The second-order valence-electron chi connectivity index (χ2n) is 5.47. The van der Waals surface area contributed by atoms with E-state index in [-0.39, 0.29) is 16.7 Å². The maximum absolute atomic E-state index is 12.5. The average molecular weight is 372 g/mol. The van der Waals surface area contributed by atoms with Gasteiger partial charge < -0.3 is 9.84 Å². The number of thiocarbonyl (C=S) groups is 1. The van der Waals surface area contributed by atoms with Crippen molar-refractivity contribution < 1.29 is 14.6 Å². The van der Waals surface area contributed by atoms with Crippen molar-refractivity contribution in [3.63, 3.8) is 0 Å². The van der Waals surface area contributed by atoms with Crippen molar-refractivity contribution in [3.05, 3.63) is 27.6 Å². The molecule has 0 radical (unpaired) electrons. The summed E-state index contributed by atoms with van der Waals surface area (Å²) in [7, 11) is 0. The van der Waals surface area contributed by atoms with Crippen LogP contribution in [-0.2, 0) is 4.79 Å². The van der Waals surface area contributed by atoms with E-state index in [1.807, 2.05) is 20.8 Å². The summed E-state index contributed by atoms with van der Waals surface area (Å²) in [6.45, 7) is 6.90. The number of thioether (sulfide) groups is 1. The SMILES string of the molecule is CCOc1cc(/C=C2/SC(=S)N(CC(C)C)C2=O)cc(Cl)c1O. The summed E-state index contributed by atoms with van der Waals surface area (Å²) in [5.41, 5.74) is 0.682. The molecule has 0 aromatic heterocycles. The average Bonchev–Trinajstić information content (AvgIpc) is 2.72. The maximum Gasteiger partial charge on any atom is 0.266 e. The second kappa shape index (κ2) is 7.55. The van der Waals surface area contributed by atoms with E-state index in [4.69, 9.17) is 28.6 Å². The zero-order valence-corrected chi connectivity index (χ0v) is 15.5. The number of amides is 1. The van der Waals surface area contributed by atoms with Gasteiger partial charge in [0.1, 0.15) is 4.32 Å². The van der Waals surface area contributed by atoms with Gasteiger partial charge in [-0.15, -0.1) is 0 Å². The number of phenols is 1. The largest absolute Gasteiger partial charge is 0.503 e. The van der Waals surface area contributed by atoms with Crippen molar-refractivity contribution >= 4 is 51.9 Å². The number of hydrogen-bond acceptors (Lipinski definition) is 5. The summed E-state index contributed by atoms with van der Waals surface area (Å²) in [5, 5.41) is 10.1. The molecule has 0 bridgehead atoms. The Labute approximate surface area is 150 Å². The first kappa shape index (κ1) is 18.1. The highest BCUT2D eigenvalue weighted by atomic mass is 35.5. The Hall–Kier alpha value is -1.24. The maximum atomic E-state index is 12.5. The van der Waals surface area contributed by atoms with E-state index in [0.29, 0.717) is 39.6 Å². The first-order valence-corrected chi connectivity index (χ1v) is 8.84. The van der Waals surface area contributed by atoms with Gasteiger partial charge in [0.2, 0.25) is 0 Å². The molecule has 1 amide bonds. The summed E-state index contributed by atoms with van der Waals surface area (Å²) in [6.07, 6.45) is 1.72. The van der Waals surface area contributed by atoms with Crippen molar-refractivity contribution in [2.45, 2.75) is 20.8 Å². The van der Waals surface area contributed by atoms with Crippen molar-refractivity contribution in [2.24, 2.45) is 5.92 Å². The van der Waals surface area contributed by atoms with Gasteiger partial charge in [-0.25, -0.2) is 0 Å². The molecule has 1 heterocycles. The number of rotatable bonds is 5. The van der Waals surface area contributed by atoms with Crippen LogP contribution in [0.15, 0.2) is 17.0 Å². The van der Waals surface area contributed by atoms with Crippen LogP contribution >= 0.6 is 35.6 Å². The highest BCUT2D eigenvalue weighted by molar-refractivity contribution is 8.26. The molecule has 1 aromatic carbocycles. The quantitative estimate of drug-likeness (QED) is 0.617. The van der Waals surface area contributed by atoms with Crippen LogP contribution in [0.25, 0.3) is 6.08 Å². The van der Waals surface area contributed by atoms with Crippen LogP contribution in [0.2, 0.25) is 5.02 Å². The third-order valence-corrected chi connectivity index (χ3v) is 4.74. The van der Waals surface area contributed by atoms with Gasteiger partial charge in [-0.3, -0.25) is 9.69 Å². The van der Waals surface area contributed by atoms with Gasteiger partial charge in [-0.2, -0.15) is 0 Å². The number of carbonyl (C=O) groups is 1.